The SMILES string of the molecule is Cc1cc(F)cnc1C(=O)Nc1ccc2c(c1)[C@@]1(C)N=C(N)N(C)S(=O)(=O)[C@@H]1CCO2. The zero-order chi connectivity index (χ0) is 22.6. The molecule has 0 aliphatic carbocycles. The van der Waals surface area contributed by atoms with Gasteiger partial charge in [0.2, 0.25) is 16.0 Å². The quantitative estimate of drug-likeness (QED) is 0.722. The van der Waals surface area contributed by atoms with Crippen LogP contribution >= 0.6 is 0 Å². The van der Waals surface area contributed by atoms with E-state index in [-0.39, 0.29) is 24.7 Å². The number of hydrogen-bond donors (Lipinski definition) is 2. The van der Waals surface area contributed by atoms with Gasteiger partial charge in [0.1, 0.15) is 28.0 Å². The number of nitrogens with two attached hydrogens (primary N) is 1. The van der Waals surface area contributed by atoms with E-state index in [0.717, 1.165) is 10.5 Å². The summed E-state index contributed by atoms with van der Waals surface area (Å²) < 4.78 is 46.2. The number of sulfonamides is 1. The number of aryl methyl sites for hydroxylation is 1. The van der Waals surface area contributed by atoms with E-state index in [9.17, 15) is 17.6 Å². The number of carbonyl (C=O) groups excluding carboxylic acids is 1. The number of pyridine rings is 1. The summed E-state index contributed by atoms with van der Waals surface area (Å²) >= 11 is 0. The van der Waals surface area contributed by atoms with Crippen molar-refractivity contribution in [2.45, 2.75) is 31.1 Å². The lowest BCUT2D eigenvalue weighted by Crippen LogP contribution is -2.56. The Morgan fingerprint density at radius 3 is 2.84 bits per heavy atom. The van der Waals surface area contributed by atoms with Gasteiger partial charge in [-0.1, -0.05) is 0 Å². The highest BCUT2D eigenvalue weighted by Gasteiger charge is 2.52. The molecule has 1 aromatic heterocycles. The smallest absolute Gasteiger partial charge is 0.274 e. The summed E-state index contributed by atoms with van der Waals surface area (Å²) in [6.45, 7) is 3.47. The Morgan fingerprint density at radius 2 is 2.13 bits per heavy atom. The average Bonchev–Trinajstić information content (AvgIpc) is 2.83. The van der Waals surface area contributed by atoms with Crippen LogP contribution in [0.4, 0.5) is 10.1 Å². The van der Waals surface area contributed by atoms with Crippen LogP contribution in [-0.4, -0.2) is 48.5 Å². The van der Waals surface area contributed by atoms with Crippen molar-refractivity contribution in [1.29, 1.82) is 0 Å². The topological polar surface area (TPSA) is 127 Å². The standard InChI is InChI=1S/C20H22FN5O4S/c1-11-8-12(21)10-23-17(11)18(27)24-13-4-5-15-14(9-13)20(2)16(6-7-30-15)31(28,29)26(3)19(22)25-20/h4-5,8-10,16H,6-7H2,1-3H3,(H2,22,25)(H,24,27)/t16-,20-/m1/s1. The van der Waals surface area contributed by atoms with Gasteiger partial charge < -0.3 is 15.8 Å². The molecule has 0 unspecified atom stereocenters. The van der Waals surface area contributed by atoms with Crippen LogP contribution < -0.4 is 15.8 Å². The van der Waals surface area contributed by atoms with Crippen LogP contribution in [0.1, 0.15) is 35.0 Å². The van der Waals surface area contributed by atoms with Crippen molar-refractivity contribution >= 4 is 27.6 Å². The van der Waals surface area contributed by atoms with Gasteiger partial charge in [-0.25, -0.2) is 27.1 Å². The summed E-state index contributed by atoms with van der Waals surface area (Å²) in [5.41, 5.74) is 6.09. The zero-order valence-corrected chi connectivity index (χ0v) is 18.0. The van der Waals surface area contributed by atoms with Crippen LogP contribution in [0, 0.1) is 12.7 Å². The van der Waals surface area contributed by atoms with Gasteiger partial charge in [0.15, 0.2) is 0 Å². The van der Waals surface area contributed by atoms with E-state index in [0.29, 0.717) is 22.6 Å². The van der Waals surface area contributed by atoms with E-state index < -0.39 is 32.5 Å². The second-order valence-electron chi connectivity index (χ2n) is 7.74. The van der Waals surface area contributed by atoms with Crippen molar-refractivity contribution in [3.8, 4) is 5.75 Å². The van der Waals surface area contributed by atoms with Gasteiger partial charge in [-0.2, -0.15) is 0 Å². The van der Waals surface area contributed by atoms with Crippen LogP contribution in [0.2, 0.25) is 0 Å². The molecule has 0 spiro atoms. The molecule has 1 amide bonds. The van der Waals surface area contributed by atoms with Crippen LogP contribution in [0.5, 0.6) is 5.75 Å². The molecule has 4 rings (SSSR count). The number of anilines is 1. The van der Waals surface area contributed by atoms with Crippen LogP contribution in [0.3, 0.4) is 0 Å². The molecule has 0 saturated carbocycles. The fraction of sp³-hybridized carbons (Fsp3) is 0.350. The Hall–Kier alpha value is -3.21. The summed E-state index contributed by atoms with van der Waals surface area (Å²) in [6.07, 6.45) is 1.20. The maximum atomic E-state index is 13.3. The number of carbonyl (C=O) groups is 1. The van der Waals surface area contributed by atoms with E-state index in [1.54, 1.807) is 32.0 Å². The maximum absolute atomic E-state index is 13.3. The van der Waals surface area contributed by atoms with Gasteiger partial charge >= 0.3 is 0 Å². The number of benzene rings is 1. The van der Waals surface area contributed by atoms with Crippen molar-refractivity contribution < 1.29 is 22.3 Å². The molecule has 2 aliphatic heterocycles. The second kappa shape index (κ2) is 7.19. The number of hydrogen-bond acceptors (Lipinski definition) is 7. The highest BCUT2D eigenvalue weighted by molar-refractivity contribution is 7.90. The number of rotatable bonds is 2. The first kappa shape index (κ1) is 21.0. The summed E-state index contributed by atoms with van der Waals surface area (Å²) in [4.78, 5) is 21.0. The monoisotopic (exact) mass is 447 g/mol. The van der Waals surface area contributed by atoms with E-state index in [4.69, 9.17) is 10.5 Å². The molecule has 3 heterocycles. The van der Waals surface area contributed by atoms with Crippen LogP contribution in [0.15, 0.2) is 35.5 Å². The third kappa shape index (κ3) is 3.38. The minimum Gasteiger partial charge on any atom is -0.493 e. The predicted octanol–water partition coefficient (Wildman–Crippen LogP) is 1.74. The number of aromatic nitrogens is 1. The highest BCUT2D eigenvalue weighted by Crippen LogP contribution is 2.45. The van der Waals surface area contributed by atoms with Crippen molar-refractivity contribution in [2.24, 2.45) is 10.7 Å². The number of guanidine groups is 1. The normalized spacial score (nSPS) is 24.2. The van der Waals surface area contributed by atoms with Crippen molar-refractivity contribution in [3.05, 3.63) is 53.1 Å². The first-order valence-electron chi connectivity index (χ1n) is 9.58. The molecule has 1 aromatic carbocycles. The Labute approximate surface area is 179 Å². The molecule has 31 heavy (non-hydrogen) atoms. The maximum Gasteiger partial charge on any atom is 0.274 e. The molecule has 0 fully saturated rings. The van der Waals surface area contributed by atoms with Crippen molar-refractivity contribution in [1.82, 2.24) is 9.29 Å². The van der Waals surface area contributed by atoms with E-state index >= 15 is 0 Å². The summed E-state index contributed by atoms with van der Waals surface area (Å²) in [7, 11) is -2.39. The molecule has 2 atom stereocenters. The molecule has 0 saturated heterocycles. The fourth-order valence-electron chi connectivity index (χ4n) is 4.03. The Kier molecular flexibility index (Phi) is 4.88. The third-order valence-corrected chi connectivity index (χ3v) is 8.08. The second-order valence-corrected chi connectivity index (χ2v) is 9.89. The molecule has 0 bridgehead atoms. The minimum atomic E-state index is -3.76. The van der Waals surface area contributed by atoms with E-state index in [2.05, 4.69) is 15.3 Å². The number of nitrogens with one attached hydrogen (secondary N) is 1. The van der Waals surface area contributed by atoms with Gasteiger partial charge in [0, 0.05) is 24.7 Å². The summed E-state index contributed by atoms with van der Waals surface area (Å²) in [6, 6.07) is 6.14. The van der Waals surface area contributed by atoms with E-state index in [1.165, 1.54) is 13.1 Å². The number of halogens is 1. The molecule has 2 aliphatic rings. The third-order valence-electron chi connectivity index (χ3n) is 5.72. The van der Waals surface area contributed by atoms with E-state index in [1.807, 2.05) is 0 Å². The van der Waals surface area contributed by atoms with Gasteiger partial charge in [0.25, 0.3) is 5.91 Å². The van der Waals surface area contributed by atoms with Crippen LogP contribution in [-0.2, 0) is 15.6 Å². The predicted molar refractivity (Wildman–Crippen MR) is 113 cm³/mol. The molecular weight excluding hydrogens is 425 g/mol. The number of ether oxygens (including phenoxy) is 1. The van der Waals surface area contributed by atoms with Gasteiger partial charge in [-0.15, -0.1) is 0 Å². The lowest BCUT2D eigenvalue weighted by atomic mass is 9.87. The average molecular weight is 447 g/mol. The van der Waals surface area contributed by atoms with Crippen molar-refractivity contribution in [3.63, 3.8) is 0 Å². The van der Waals surface area contributed by atoms with Gasteiger partial charge in [0.05, 0.1) is 12.8 Å². The molecule has 9 nitrogen and oxygen atoms in total. The number of aliphatic imine (C=N–C) groups is 1. The Balaban J connectivity index is 1.76. The van der Waals surface area contributed by atoms with Gasteiger partial charge in [-0.05, 0) is 43.7 Å². The molecule has 11 heteroatoms. The first-order valence-corrected chi connectivity index (χ1v) is 11.1. The molecule has 2 aromatic rings. The van der Waals surface area contributed by atoms with Crippen molar-refractivity contribution in [2.75, 3.05) is 19.0 Å². The summed E-state index contributed by atoms with van der Waals surface area (Å²) in [5, 5.41) is 1.84. The number of nitrogens with zero attached hydrogens (tertiary/aromatic N) is 3. The fourth-order valence-corrected chi connectivity index (χ4v) is 5.87. The number of amides is 1. The molecule has 0 radical (unpaired) electrons. The Bertz CT molecular complexity index is 1220. The lowest BCUT2D eigenvalue weighted by Gasteiger charge is -2.40. The van der Waals surface area contributed by atoms with Crippen LogP contribution in [0.25, 0.3) is 0 Å². The van der Waals surface area contributed by atoms with Gasteiger partial charge in [-0.3, -0.25) is 4.79 Å². The molecular formula is C20H22FN5O4S. The summed E-state index contributed by atoms with van der Waals surface area (Å²) in [5.74, 6) is -0.704. The molecule has 164 valence electrons. The number of fused-ring (bicyclic) bond motifs is 3. The first-order chi connectivity index (χ1) is 14.5. The Morgan fingerprint density at radius 1 is 1.39 bits per heavy atom. The lowest BCUT2D eigenvalue weighted by molar-refractivity contribution is 0.102. The highest BCUT2D eigenvalue weighted by atomic mass is 32.2. The minimum absolute atomic E-state index is 0.0841. The largest absolute Gasteiger partial charge is 0.493 e. The zero-order valence-electron chi connectivity index (χ0n) is 17.2. The molecule has 3 N–H and O–H groups in total.